The highest BCUT2D eigenvalue weighted by Crippen LogP contribution is 2.13. The number of rotatable bonds is 5. The Morgan fingerprint density at radius 1 is 1.42 bits per heavy atom. The molecule has 1 unspecified atom stereocenters. The largest absolute Gasteiger partial charge is 0.368 e. The van der Waals surface area contributed by atoms with Crippen molar-refractivity contribution in [3.8, 4) is 0 Å². The summed E-state index contributed by atoms with van der Waals surface area (Å²) >= 11 is 1.60. The second-order valence-electron chi connectivity index (χ2n) is 4.08. The Kier molecular flexibility index (Phi) is 4.13. The van der Waals surface area contributed by atoms with Gasteiger partial charge in [0.15, 0.2) is 0 Å². The van der Waals surface area contributed by atoms with Crippen molar-refractivity contribution in [2.45, 2.75) is 24.3 Å². The minimum absolute atomic E-state index is 0.0136. The normalized spacial score (nSPS) is 13.3. The van der Waals surface area contributed by atoms with Gasteiger partial charge in [-0.25, -0.2) is 23.1 Å². The van der Waals surface area contributed by atoms with E-state index in [1.54, 1.807) is 11.3 Å². The van der Waals surface area contributed by atoms with Crippen LogP contribution >= 0.6 is 11.3 Å². The summed E-state index contributed by atoms with van der Waals surface area (Å²) in [5.74, 6) is 0.0468. The Labute approximate surface area is 115 Å². The van der Waals surface area contributed by atoms with Crippen LogP contribution in [0.5, 0.6) is 0 Å². The molecule has 0 aromatic carbocycles. The quantitative estimate of drug-likeness (QED) is 0.859. The van der Waals surface area contributed by atoms with Gasteiger partial charge in [-0.2, -0.15) is 0 Å². The summed E-state index contributed by atoms with van der Waals surface area (Å²) in [7, 11) is -3.61. The summed E-state index contributed by atoms with van der Waals surface area (Å²) in [6.07, 6.45) is 3.04. The van der Waals surface area contributed by atoms with Gasteiger partial charge in [0.1, 0.15) is 4.90 Å². The number of nitrogens with two attached hydrogens (primary N) is 1. The molecule has 0 aliphatic heterocycles. The molecule has 0 aliphatic rings. The van der Waals surface area contributed by atoms with E-state index in [1.807, 2.05) is 24.4 Å². The van der Waals surface area contributed by atoms with Crippen LogP contribution in [0.15, 0.2) is 34.8 Å². The lowest BCUT2D eigenvalue weighted by Gasteiger charge is -2.13. The molecule has 0 spiro atoms. The smallest absolute Gasteiger partial charge is 0.243 e. The van der Waals surface area contributed by atoms with Gasteiger partial charge in [0.05, 0.1) is 12.4 Å². The summed E-state index contributed by atoms with van der Waals surface area (Å²) in [6, 6.07) is 3.71. The van der Waals surface area contributed by atoms with Crippen molar-refractivity contribution in [3.63, 3.8) is 0 Å². The third-order valence-corrected chi connectivity index (χ3v) is 4.85. The molecule has 2 heterocycles. The van der Waals surface area contributed by atoms with Crippen LogP contribution in [0, 0.1) is 0 Å². The van der Waals surface area contributed by atoms with Crippen LogP contribution < -0.4 is 10.5 Å². The summed E-state index contributed by atoms with van der Waals surface area (Å²) in [6.45, 7) is 1.81. The van der Waals surface area contributed by atoms with Gasteiger partial charge in [-0.3, -0.25) is 0 Å². The topological polar surface area (TPSA) is 98.0 Å². The molecule has 102 valence electrons. The van der Waals surface area contributed by atoms with E-state index in [9.17, 15) is 8.42 Å². The Morgan fingerprint density at radius 2 is 2.11 bits per heavy atom. The molecule has 0 saturated heterocycles. The van der Waals surface area contributed by atoms with Crippen LogP contribution in [0.3, 0.4) is 0 Å². The van der Waals surface area contributed by atoms with Crippen LogP contribution in [0.25, 0.3) is 0 Å². The van der Waals surface area contributed by atoms with E-state index in [0.29, 0.717) is 6.42 Å². The maximum absolute atomic E-state index is 12.1. The monoisotopic (exact) mass is 298 g/mol. The fourth-order valence-corrected chi connectivity index (χ4v) is 3.54. The molecule has 6 nitrogen and oxygen atoms in total. The van der Waals surface area contributed by atoms with Crippen molar-refractivity contribution < 1.29 is 8.42 Å². The molecule has 0 aliphatic carbocycles. The van der Waals surface area contributed by atoms with Crippen molar-refractivity contribution in [2.24, 2.45) is 0 Å². The van der Waals surface area contributed by atoms with Crippen LogP contribution in [0.1, 0.15) is 11.8 Å². The molecule has 0 saturated carbocycles. The van der Waals surface area contributed by atoms with Crippen molar-refractivity contribution in [1.29, 1.82) is 0 Å². The Morgan fingerprint density at radius 3 is 2.68 bits per heavy atom. The maximum atomic E-state index is 12.1. The lowest BCUT2D eigenvalue weighted by molar-refractivity contribution is 0.560. The molecule has 0 fully saturated rings. The molecular formula is C11H14N4O2S2. The number of thiophene rings is 1. The summed E-state index contributed by atoms with van der Waals surface area (Å²) in [5.41, 5.74) is 5.33. The number of hydrogen-bond donors (Lipinski definition) is 2. The van der Waals surface area contributed by atoms with Crippen molar-refractivity contribution >= 4 is 27.3 Å². The highest BCUT2D eigenvalue weighted by molar-refractivity contribution is 7.89. The highest BCUT2D eigenvalue weighted by Gasteiger charge is 2.18. The number of nitrogen functional groups attached to an aromatic ring is 1. The highest BCUT2D eigenvalue weighted by atomic mass is 32.2. The van der Waals surface area contributed by atoms with E-state index in [4.69, 9.17) is 5.73 Å². The summed E-state index contributed by atoms with van der Waals surface area (Å²) in [5, 5.41) is 1.96. The minimum Gasteiger partial charge on any atom is -0.368 e. The lowest BCUT2D eigenvalue weighted by Crippen LogP contribution is -2.34. The first-order valence-corrected chi connectivity index (χ1v) is 7.96. The Bertz CT molecular complexity index is 623. The average Bonchev–Trinajstić information content (AvgIpc) is 2.81. The molecule has 0 radical (unpaired) electrons. The van der Waals surface area contributed by atoms with Gasteiger partial charge in [-0.15, -0.1) is 11.3 Å². The number of nitrogens with zero attached hydrogens (tertiary/aromatic N) is 2. The zero-order chi connectivity index (χ0) is 13.9. The maximum Gasteiger partial charge on any atom is 0.243 e. The number of nitrogens with one attached hydrogen (secondary N) is 1. The number of hydrogen-bond acceptors (Lipinski definition) is 6. The van der Waals surface area contributed by atoms with Gasteiger partial charge in [0, 0.05) is 10.9 Å². The zero-order valence-electron chi connectivity index (χ0n) is 10.3. The second-order valence-corrected chi connectivity index (χ2v) is 6.83. The zero-order valence-corrected chi connectivity index (χ0v) is 11.9. The molecule has 0 amide bonds. The second kappa shape index (κ2) is 5.64. The van der Waals surface area contributed by atoms with Crippen LogP contribution in [0.4, 0.5) is 5.95 Å². The SMILES string of the molecule is CC(Cc1cccs1)NS(=O)(=O)c1cnc(N)nc1. The van der Waals surface area contributed by atoms with Crippen molar-refractivity contribution in [2.75, 3.05) is 5.73 Å². The van der Waals surface area contributed by atoms with Crippen LogP contribution in [-0.2, 0) is 16.4 Å². The molecule has 2 aromatic rings. The third-order valence-electron chi connectivity index (χ3n) is 2.40. The van der Waals surface area contributed by atoms with E-state index >= 15 is 0 Å². The first-order valence-electron chi connectivity index (χ1n) is 5.59. The van der Waals surface area contributed by atoms with Crippen LogP contribution in [-0.4, -0.2) is 24.4 Å². The first-order chi connectivity index (χ1) is 8.97. The minimum atomic E-state index is -3.61. The Hall–Kier alpha value is -1.51. The van der Waals surface area contributed by atoms with Gasteiger partial charge < -0.3 is 5.73 Å². The van der Waals surface area contributed by atoms with Gasteiger partial charge in [0.25, 0.3) is 0 Å². The first kappa shape index (κ1) is 13.9. The average molecular weight is 298 g/mol. The Balaban J connectivity index is 2.06. The molecular weight excluding hydrogens is 284 g/mol. The standard InChI is InChI=1S/C11H14N4O2S2/c1-8(5-9-3-2-4-18-9)15-19(16,17)10-6-13-11(12)14-7-10/h2-4,6-8,15H,5H2,1H3,(H2,12,13,14). The third kappa shape index (κ3) is 3.72. The van der Waals surface area contributed by atoms with Gasteiger partial charge in [0.2, 0.25) is 16.0 Å². The number of sulfonamides is 1. The van der Waals surface area contributed by atoms with Gasteiger partial charge >= 0.3 is 0 Å². The van der Waals surface area contributed by atoms with E-state index < -0.39 is 10.0 Å². The van der Waals surface area contributed by atoms with Gasteiger partial charge in [-0.1, -0.05) is 6.07 Å². The fraction of sp³-hybridized carbons (Fsp3) is 0.273. The number of anilines is 1. The number of aromatic nitrogens is 2. The van der Waals surface area contributed by atoms with Gasteiger partial charge in [-0.05, 0) is 24.8 Å². The molecule has 2 rings (SSSR count). The van der Waals surface area contributed by atoms with E-state index in [0.717, 1.165) is 4.88 Å². The van der Waals surface area contributed by atoms with Crippen LogP contribution in [0.2, 0.25) is 0 Å². The fourth-order valence-electron chi connectivity index (χ4n) is 1.57. The molecule has 8 heteroatoms. The molecule has 2 aromatic heterocycles. The molecule has 0 bridgehead atoms. The van der Waals surface area contributed by atoms with Crippen molar-refractivity contribution in [1.82, 2.24) is 14.7 Å². The molecule has 3 N–H and O–H groups in total. The van der Waals surface area contributed by atoms with E-state index in [1.165, 1.54) is 12.4 Å². The van der Waals surface area contributed by atoms with E-state index in [2.05, 4.69) is 14.7 Å². The predicted molar refractivity (Wildman–Crippen MR) is 74.3 cm³/mol. The lowest BCUT2D eigenvalue weighted by atomic mass is 10.2. The molecule has 1 atom stereocenters. The summed E-state index contributed by atoms with van der Waals surface area (Å²) in [4.78, 5) is 8.50. The predicted octanol–water partition coefficient (Wildman–Crippen LogP) is 1.03. The van der Waals surface area contributed by atoms with Crippen molar-refractivity contribution in [3.05, 3.63) is 34.8 Å². The summed E-state index contributed by atoms with van der Waals surface area (Å²) < 4.78 is 26.7. The van der Waals surface area contributed by atoms with E-state index in [-0.39, 0.29) is 16.9 Å². The molecule has 19 heavy (non-hydrogen) atoms.